The summed E-state index contributed by atoms with van der Waals surface area (Å²) in [6.07, 6.45) is 5.61. The molecule has 2 aliphatic rings. The van der Waals surface area contributed by atoms with E-state index in [-0.39, 0.29) is 0 Å². The average molecular weight is 224 g/mol. The third-order valence-corrected chi connectivity index (χ3v) is 4.80. The maximum Gasteiger partial charge on any atom is 0.0246 e. The SMILES string of the molecule is CC(C1CC1)N(C)CC1NCCCC1(C)C. The molecule has 0 amide bonds. The second kappa shape index (κ2) is 4.66. The van der Waals surface area contributed by atoms with Crippen molar-refractivity contribution in [2.45, 2.75) is 58.5 Å². The topological polar surface area (TPSA) is 15.3 Å². The molecule has 0 radical (unpaired) electrons. The van der Waals surface area contributed by atoms with Crippen LogP contribution < -0.4 is 5.32 Å². The average Bonchev–Trinajstić information content (AvgIpc) is 3.03. The fraction of sp³-hybridized carbons (Fsp3) is 1.00. The summed E-state index contributed by atoms with van der Waals surface area (Å²) in [5.74, 6) is 0.983. The minimum absolute atomic E-state index is 0.468. The first-order chi connectivity index (χ1) is 7.50. The molecule has 2 unspecified atom stereocenters. The molecule has 2 fully saturated rings. The molecule has 2 atom stereocenters. The summed E-state index contributed by atoms with van der Waals surface area (Å²) in [6.45, 7) is 9.65. The minimum atomic E-state index is 0.468. The molecule has 1 aliphatic heterocycles. The third kappa shape index (κ3) is 2.78. The number of piperidine rings is 1. The molecule has 0 aromatic rings. The van der Waals surface area contributed by atoms with Gasteiger partial charge in [0.2, 0.25) is 0 Å². The lowest BCUT2D eigenvalue weighted by Gasteiger charge is -2.42. The molecule has 0 bridgehead atoms. The number of rotatable bonds is 4. The molecule has 2 nitrogen and oxygen atoms in total. The number of hydrogen-bond acceptors (Lipinski definition) is 2. The van der Waals surface area contributed by atoms with Crippen LogP contribution in [0.3, 0.4) is 0 Å². The van der Waals surface area contributed by atoms with E-state index in [1.165, 1.54) is 38.8 Å². The molecule has 0 spiro atoms. The van der Waals surface area contributed by atoms with Gasteiger partial charge in [-0.05, 0) is 57.5 Å². The highest BCUT2D eigenvalue weighted by Gasteiger charge is 2.36. The fourth-order valence-electron chi connectivity index (χ4n) is 2.98. The summed E-state index contributed by atoms with van der Waals surface area (Å²) in [4.78, 5) is 2.57. The van der Waals surface area contributed by atoms with E-state index in [0.29, 0.717) is 11.5 Å². The van der Waals surface area contributed by atoms with Gasteiger partial charge in [0, 0.05) is 18.6 Å². The number of hydrogen-bond donors (Lipinski definition) is 1. The first kappa shape index (κ1) is 12.4. The van der Waals surface area contributed by atoms with Crippen LogP contribution in [0, 0.1) is 11.3 Å². The van der Waals surface area contributed by atoms with Crippen molar-refractivity contribution in [1.82, 2.24) is 10.2 Å². The first-order valence-electron chi connectivity index (χ1n) is 6.94. The Labute approximate surface area is 101 Å². The van der Waals surface area contributed by atoms with Crippen molar-refractivity contribution in [2.75, 3.05) is 20.1 Å². The Hall–Kier alpha value is -0.0800. The van der Waals surface area contributed by atoms with Crippen LogP contribution in [0.5, 0.6) is 0 Å². The molecule has 1 aliphatic carbocycles. The fourth-order valence-corrected chi connectivity index (χ4v) is 2.98. The second-order valence-corrected chi connectivity index (χ2v) is 6.62. The summed E-state index contributed by atoms with van der Waals surface area (Å²) in [5.41, 5.74) is 0.468. The summed E-state index contributed by atoms with van der Waals surface area (Å²) in [7, 11) is 2.30. The molecule has 0 aromatic carbocycles. The predicted molar refractivity (Wildman–Crippen MR) is 69.6 cm³/mol. The van der Waals surface area contributed by atoms with Crippen LogP contribution in [0.4, 0.5) is 0 Å². The van der Waals surface area contributed by atoms with Gasteiger partial charge in [0.15, 0.2) is 0 Å². The highest BCUT2D eigenvalue weighted by atomic mass is 15.2. The summed E-state index contributed by atoms with van der Waals surface area (Å²) >= 11 is 0. The van der Waals surface area contributed by atoms with Crippen LogP contribution in [0.2, 0.25) is 0 Å². The molecule has 2 rings (SSSR count). The van der Waals surface area contributed by atoms with Crippen LogP contribution in [0.15, 0.2) is 0 Å². The quantitative estimate of drug-likeness (QED) is 0.789. The third-order valence-electron chi connectivity index (χ3n) is 4.80. The zero-order valence-corrected chi connectivity index (χ0v) is 11.4. The maximum absolute atomic E-state index is 3.71. The Balaban J connectivity index is 1.86. The van der Waals surface area contributed by atoms with Gasteiger partial charge in [0.1, 0.15) is 0 Å². The molecule has 16 heavy (non-hydrogen) atoms. The summed E-state index contributed by atoms with van der Waals surface area (Å²) in [5, 5.41) is 3.71. The van der Waals surface area contributed by atoms with Gasteiger partial charge in [-0.2, -0.15) is 0 Å². The van der Waals surface area contributed by atoms with Crippen molar-refractivity contribution in [1.29, 1.82) is 0 Å². The highest BCUT2D eigenvalue weighted by molar-refractivity contribution is 4.92. The number of nitrogens with one attached hydrogen (secondary N) is 1. The number of nitrogens with zero attached hydrogens (tertiary/aromatic N) is 1. The lowest BCUT2D eigenvalue weighted by atomic mass is 9.77. The van der Waals surface area contributed by atoms with Crippen molar-refractivity contribution in [3.63, 3.8) is 0 Å². The van der Waals surface area contributed by atoms with Gasteiger partial charge in [-0.1, -0.05) is 13.8 Å². The van der Waals surface area contributed by atoms with Gasteiger partial charge in [-0.3, -0.25) is 0 Å². The minimum Gasteiger partial charge on any atom is -0.312 e. The van der Waals surface area contributed by atoms with E-state index in [0.717, 1.165) is 12.0 Å². The van der Waals surface area contributed by atoms with E-state index in [1.54, 1.807) is 0 Å². The molecular formula is C14H28N2. The van der Waals surface area contributed by atoms with Crippen LogP contribution in [-0.4, -0.2) is 37.1 Å². The van der Waals surface area contributed by atoms with Crippen LogP contribution in [-0.2, 0) is 0 Å². The predicted octanol–water partition coefficient (Wildman–Crippen LogP) is 2.49. The van der Waals surface area contributed by atoms with Crippen molar-refractivity contribution in [3.8, 4) is 0 Å². The molecule has 2 heteroatoms. The van der Waals surface area contributed by atoms with Crippen molar-refractivity contribution in [2.24, 2.45) is 11.3 Å². The van der Waals surface area contributed by atoms with E-state index in [9.17, 15) is 0 Å². The Morgan fingerprint density at radius 1 is 1.38 bits per heavy atom. The maximum atomic E-state index is 3.71. The monoisotopic (exact) mass is 224 g/mol. The highest BCUT2D eigenvalue weighted by Crippen LogP contribution is 2.36. The second-order valence-electron chi connectivity index (χ2n) is 6.62. The van der Waals surface area contributed by atoms with E-state index in [1.807, 2.05) is 0 Å². The van der Waals surface area contributed by atoms with Gasteiger partial charge in [0.05, 0.1) is 0 Å². The van der Waals surface area contributed by atoms with Crippen molar-refractivity contribution < 1.29 is 0 Å². The standard InChI is InChI=1S/C14H28N2/c1-11(12-6-7-12)16(4)10-13-14(2,3)8-5-9-15-13/h11-13,15H,5-10H2,1-4H3. The Bertz CT molecular complexity index is 233. The molecule has 1 N–H and O–H groups in total. The van der Waals surface area contributed by atoms with E-state index in [4.69, 9.17) is 0 Å². The number of likely N-dealkylation sites (N-methyl/N-ethyl adjacent to an activating group) is 1. The summed E-state index contributed by atoms with van der Waals surface area (Å²) in [6, 6.07) is 1.45. The van der Waals surface area contributed by atoms with Gasteiger partial charge in [-0.15, -0.1) is 0 Å². The van der Waals surface area contributed by atoms with Gasteiger partial charge >= 0.3 is 0 Å². The van der Waals surface area contributed by atoms with Crippen molar-refractivity contribution >= 4 is 0 Å². The van der Waals surface area contributed by atoms with Crippen molar-refractivity contribution in [3.05, 3.63) is 0 Å². The van der Waals surface area contributed by atoms with E-state index >= 15 is 0 Å². The lowest BCUT2D eigenvalue weighted by Crippen LogP contribution is -2.53. The van der Waals surface area contributed by atoms with Crippen LogP contribution >= 0.6 is 0 Å². The van der Waals surface area contributed by atoms with E-state index in [2.05, 4.69) is 38.0 Å². The molecule has 0 aromatic heterocycles. The molecule has 1 saturated heterocycles. The molecule has 1 heterocycles. The lowest BCUT2D eigenvalue weighted by molar-refractivity contribution is 0.116. The smallest absolute Gasteiger partial charge is 0.0246 e. The van der Waals surface area contributed by atoms with Crippen LogP contribution in [0.1, 0.15) is 46.5 Å². The Morgan fingerprint density at radius 3 is 2.62 bits per heavy atom. The zero-order valence-electron chi connectivity index (χ0n) is 11.4. The first-order valence-corrected chi connectivity index (χ1v) is 6.94. The molecule has 94 valence electrons. The molecule has 1 saturated carbocycles. The Kier molecular flexibility index (Phi) is 3.60. The van der Waals surface area contributed by atoms with E-state index < -0.39 is 0 Å². The van der Waals surface area contributed by atoms with Gasteiger partial charge in [0.25, 0.3) is 0 Å². The Morgan fingerprint density at radius 2 is 2.06 bits per heavy atom. The molecular weight excluding hydrogens is 196 g/mol. The van der Waals surface area contributed by atoms with Crippen LogP contribution in [0.25, 0.3) is 0 Å². The zero-order chi connectivity index (χ0) is 11.8. The van der Waals surface area contributed by atoms with Gasteiger partial charge in [-0.25, -0.2) is 0 Å². The van der Waals surface area contributed by atoms with Gasteiger partial charge < -0.3 is 10.2 Å². The summed E-state index contributed by atoms with van der Waals surface area (Å²) < 4.78 is 0. The largest absolute Gasteiger partial charge is 0.312 e. The normalized spacial score (nSPS) is 31.7.